The van der Waals surface area contributed by atoms with Gasteiger partial charge in [-0.15, -0.1) is 10.2 Å². The minimum atomic E-state index is -0.981. The Morgan fingerprint density at radius 1 is 1.02 bits per heavy atom. The van der Waals surface area contributed by atoms with Crippen molar-refractivity contribution in [2.75, 3.05) is 0 Å². The maximum absolute atomic E-state index is 13.4. The maximum Gasteiger partial charge on any atom is 0.286 e. The lowest BCUT2D eigenvalue weighted by Gasteiger charge is -2.22. The van der Waals surface area contributed by atoms with Gasteiger partial charge >= 0.3 is 0 Å². The second kappa shape index (κ2) is 11.3. The van der Waals surface area contributed by atoms with Crippen LogP contribution in [-0.2, 0) is 16.8 Å². The Morgan fingerprint density at radius 2 is 1.68 bits per heavy atom. The Hall–Kier alpha value is -4.47. The molecule has 0 saturated heterocycles. The number of carbonyl (C=O) groups excluding carboxylic acids is 2. The van der Waals surface area contributed by atoms with E-state index in [1.54, 1.807) is 39.8 Å². The second-order valence-corrected chi connectivity index (χ2v) is 10.6. The molecule has 0 saturated carbocycles. The van der Waals surface area contributed by atoms with Crippen molar-refractivity contribution in [3.63, 3.8) is 0 Å². The van der Waals surface area contributed by atoms with Crippen LogP contribution in [0.25, 0.3) is 11.4 Å². The largest absolute Gasteiger partial charge is 0.417 e. The third-order valence-electron chi connectivity index (χ3n) is 6.97. The van der Waals surface area contributed by atoms with E-state index in [1.807, 2.05) is 44.2 Å². The molecule has 0 radical (unpaired) electrons. The first-order valence-electron chi connectivity index (χ1n) is 13.0. The van der Waals surface area contributed by atoms with Crippen LogP contribution in [0.3, 0.4) is 0 Å². The van der Waals surface area contributed by atoms with Crippen molar-refractivity contribution in [2.45, 2.75) is 59.5 Å². The molecular formula is C30H32FN5O4. The molecule has 4 aromatic rings. The Bertz CT molecular complexity index is 1590. The molecule has 9 nitrogen and oxygen atoms in total. The van der Waals surface area contributed by atoms with E-state index < -0.39 is 23.1 Å². The number of benzene rings is 2. The molecule has 0 aliphatic heterocycles. The highest BCUT2D eigenvalue weighted by molar-refractivity contribution is 5.98. The topological polar surface area (TPSA) is 120 Å². The van der Waals surface area contributed by atoms with Crippen LogP contribution in [-0.4, -0.2) is 37.5 Å². The van der Waals surface area contributed by atoms with Gasteiger partial charge in [-0.3, -0.25) is 19.0 Å². The first-order valence-corrected chi connectivity index (χ1v) is 13.0. The number of aryl methyl sites for hydroxylation is 1. The smallest absolute Gasteiger partial charge is 0.286 e. The van der Waals surface area contributed by atoms with Crippen molar-refractivity contribution in [2.24, 2.45) is 5.92 Å². The highest BCUT2D eigenvalue weighted by atomic mass is 19.1. The molecule has 10 heteroatoms. The standard InChI is InChI=1S/C30H32FN5O4/c1-17(2)24(25(38)27-34-35-29(40-27)30(5,6)21-12-14-22(31)15-13-21)33-23(37)16-36-26(20-10-8-7-9-11-20)32-19(4)18(3)28(36)39/h7-15,17,24H,16H2,1-6H3,(H,33,37)/t24-/m1/s1. The van der Waals surface area contributed by atoms with E-state index in [0.717, 1.165) is 5.56 Å². The molecule has 2 aromatic heterocycles. The van der Waals surface area contributed by atoms with E-state index in [4.69, 9.17) is 4.42 Å². The fraction of sp³-hybridized carbons (Fsp3) is 0.333. The summed E-state index contributed by atoms with van der Waals surface area (Å²) < 4.78 is 20.5. The van der Waals surface area contributed by atoms with E-state index in [2.05, 4.69) is 20.5 Å². The summed E-state index contributed by atoms with van der Waals surface area (Å²) in [4.78, 5) is 44.4. The van der Waals surface area contributed by atoms with Crippen LogP contribution < -0.4 is 10.9 Å². The zero-order chi connectivity index (χ0) is 29.2. The van der Waals surface area contributed by atoms with Gasteiger partial charge in [0.1, 0.15) is 18.2 Å². The Morgan fingerprint density at radius 3 is 2.30 bits per heavy atom. The van der Waals surface area contributed by atoms with Crippen LogP contribution in [0, 0.1) is 25.6 Å². The molecule has 2 aromatic carbocycles. The monoisotopic (exact) mass is 545 g/mol. The van der Waals surface area contributed by atoms with Gasteiger partial charge in [0.2, 0.25) is 17.6 Å². The van der Waals surface area contributed by atoms with Gasteiger partial charge in [-0.1, -0.05) is 56.3 Å². The molecule has 0 aliphatic rings. The predicted molar refractivity (Wildman–Crippen MR) is 147 cm³/mol. The van der Waals surface area contributed by atoms with Gasteiger partial charge in [0, 0.05) is 16.8 Å². The van der Waals surface area contributed by atoms with E-state index in [-0.39, 0.29) is 35.6 Å². The number of Topliss-reactive ketones (excluding diaryl/α,β-unsaturated/α-hetero) is 1. The zero-order valence-corrected chi connectivity index (χ0v) is 23.4. The quantitative estimate of drug-likeness (QED) is 0.310. The van der Waals surface area contributed by atoms with Crippen molar-refractivity contribution in [1.29, 1.82) is 0 Å². The van der Waals surface area contributed by atoms with Crippen molar-refractivity contribution in [3.8, 4) is 11.4 Å². The number of hydrogen-bond acceptors (Lipinski definition) is 7. The lowest BCUT2D eigenvalue weighted by molar-refractivity contribution is -0.122. The Kier molecular flexibility index (Phi) is 8.08. The molecule has 1 amide bonds. The first-order chi connectivity index (χ1) is 18.9. The number of nitrogens with zero attached hydrogens (tertiary/aromatic N) is 4. The number of nitrogens with one attached hydrogen (secondary N) is 1. The molecule has 0 spiro atoms. The number of ketones is 1. The molecular weight excluding hydrogens is 513 g/mol. The molecule has 4 rings (SSSR count). The van der Waals surface area contributed by atoms with Crippen LogP contribution in [0.2, 0.25) is 0 Å². The van der Waals surface area contributed by atoms with Crippen LogP contribution in [0.15, 0.2) is 63.8 Å². The van der Waals surface area contributed by atoms with E-state index in [0.29, 0.717) is 22.6 Å². The van der Waals surface area contributed by atoms with E-state index in [9.17, 15) is 18.8 Å². The summed E-state index contributed by atoms with van der Waals surface area (Å²) in [5, 5.41) is 10.8. The molecule has 208 valence electrons. The number of carbonyl (C=O) groups is 2. The maximum atomic E-state index is 13.4. The second-order valence-electron chi connectivity index (χ2n) is 10.6. The van der Waals surface area contributed by atoms with Crippen molar-refractivity contribution in [1.82, 2.24) is 25.1 Å². The Labute approximate surface area is 231 Å². The summed E-state index contributed by atoms with van der Waals surface area (Å²) in [6.07, 6.45) is 0. The summed E-state index contributed by atoms with van der Waals surface area (Å²) in [6, 6.07) is 14.0. The van der Waals surface area contributed by atoms with Gasteiger partial charge in [0.25, 0.3) is 11.4 Å². The summed E-state index contributed by atoms with van der Waals surface area (Å²) in [7, 11) is 0. The summed E-state index contributed by atoms with van der Waals surface area (Å²) in [6.45, 7) is 10.3. The van der Waals surface area contributed by atoms with Crippen LogP contribution in [0.1, 0.15) is 61.1 Å². The summed E-state index contributed by atoms with van der Waals surface area (Å²) >= 11 is 0. The molecule has 1 N–H and O–H groups in total. The predicted octanol–water partition coefficient (Wildman–Crippen LogP) is 4.40. The average molecular weight is 546 g/mol. The molecule has 0 unspecified atom stereocenters. The minimum Gasteiger partial charge on any atom is -0.417 e. The number of hydrogen-bond donors (Lipinski definition) is 1. The van der Waals surface area contributed by atoms with Crippen molar-refractivity contribution in [3.05, 3.63) is 99.4 Å². The first kappa shape index (κ1) is 28.5. The van der Waals surface area contributed by atoms with Crippen LogP contribution >= 0.6 is 0 Å². The van der Waals surface area contributed by atoms with Gasteiger partial charge in [-0.25, -0.2) is 9.37 Å². The third-order valence-corrected chi connectivity index (χ3v) is 6.97. The average Bonchev–Trinajstić information content (AvgIpc) is 3.44. The summed E-state index contributed by atoms with van der Waals surface area (Å²) in [5.74, 6) is -1.49. The van der Waals surface area contributed by atoms with Gasteiger partial charge in [0.15, 0.2) is 0 Å². The molecule has 40 heavy (non-hydrogen) atoms. The number of aromatic nitrogens is 4. The molecule has 0 aliphatic carbocycles. The zero-order valence-electron chi connectivity index (χ0n) is 23.4. The SMILES string of the molecule is Cc1nc(-c2ccccc2)n(CC(=O)N[C@@H](C(=O)c2nnc(C(C)(C)c3ccc(F)cc3)o2)C(C)C)c(=O)c1C. The Balaban J connectivity index is 1.58. The number of halogens is 1. The van der Waals surface area contributed by atoms with E-state index in [1.165, 1.54) is 16.7 Å². The normalized spacial score (nSPS) is 12.4. The minimum absolute atomic E-state index is 0.177. The fourth-order valence-corrected chi connectivity index (χ4v) is 4.31. The highest BCUT2D eigenvalue weighted by Crippen LogP contribution is 2.31. The van der Waals surface area contributed by atoms with E-state index >= 15 is 0 Å². The molecule has 0 bridgehead atoms. The lowest BCUT2D eigenvalue weighted by atomic mass is 9.84. The fourth-order valence-electron chi connectivity index (χ4n) is 4.31. The summed E-state index contributed by atoms with van der Waals surface area (Å²) in [5.41, 5.74) is 1.30. The lowest BCUT2D eigenvalue weighted by Crippen LogP contribution is -2.46. The van der Waals surface area contributed by atoms with Gasteiger partial charge < -0.3 is 9.73 Å². The number of rotatable bonds is 9. The van der Waals surface area contributed by atoms with Crippen molar-refractivity contribution >= 4 is 11.7 Å². The third kappa shape index (κ3) is 5.75. The molecule has 0 fully saturated rings. The molecule has 1 atom stereocenters. The van der Waals surface area contributed by atoms with Crippen LogP contribution in [0.4, 0.5) is 4.39 Å². The number of amides is 1. The van der Waals surface area contributed by atoms with Gasteiger partial charge in [0.05, 0.1) is 11.5 Å². The molecule has 2 heterocycles. The van der Waals surface area contributed by atoms with Crippen LogP contribution in [0.5, 0.6) is 0 Å². The van der Waals surface area contributed by atoms with Gasteiger partial charge in [-0.2, -0.15) is 0 Å². The van der Waals surface area contributed by atoms with Crippen molar-refractivity contribution < 1.29 is 18.4 Å². The highest BCUT2D eigenvalue weighted by Gasteiger charge is 2.34. The van der Waals surface area contributed by atoms with Gasteiger partial charge in [-0.05, 0) is 51.3 Å².